The Morgan fingerprint density at radius 3 is 2.41 bits per heavy atom. The minimum Gasteiger partial charge on any atom is -0.353 e. The van der Waals surface area contributed by atoms with Gasteiger partial charge in [-0.05, 0) is 24.3 Å². The lowest BCUT2D eigenvalue weighted by Crippen LogP contribution is -2.14. The molecule has 4 nitrogen and oxygen atoms in total. The molecule has 0 aliphatic rings. The van der Waals surface area contributed by atoms with Crippen molar-refractivity contribution in [1.29, 1.82) is 0 Å². The number of para-hydroxylation sites is 2. The van der Waals surface area contributed by atoms with E-state index in [1.807, 2.05) is 72.8 Å². The van der Waals surface area contributed by atoms with E-state index in [1.165, 1.54) is 0 Å². The predicted octanol–water partition coefficient (Wildman–Crippen LogP) is 6.29. The smallest absolute Gasteiger partial charge is 0.274 e. The van der Waals surface area contributed by atoms with Gasteiger partial charge in [0.25, 0.3) is 5.91 Å². The van der Waals surface area contributed by atoms with E-state index in [4.69, 9.17) is 16.6 Å². The monoisotopic (exact) mass is 397 g/mol. The van der Waals surface area contributed by atoms with Gasteiger partial charge in [0.2, 0.25) is 0 Å². The second-order valence-corrected chi connectivity index (χ2v) is 7.16. The van der Waals surface area contributed by atoms with Gasteiger partial charge in [-0.25, -0.2) is 4.98 Å². The van der Waals surface area contributed by atoms with Gasteiger partial charge in [0.15, 0.2) is 0 Å². The maximum absolute atomic E-state index is 13.0. The summed E-state index contributed by atoms with van der Waals surface area (Å²) in [7, 11) is 0. The average Bonchev–Trinajstić information content (AvgIpc) is 3.14. The van der Waals surface area contributed by atoms with Crippen LogP contribution in [-0.2, 0) is 0 Å². The second kappa shape index (κ2) is 7.08. The number of fused-ring (bicyclic) bond motifs is 3. The highest BCUT2D eigenvalue weighted by molar-refractivity contribution is 6.34. The fraction of sp³-hybridized carbons (Fsp3) is 0. The number of carbonyl (C=O) groups excluding carboxylic acids is 1. The van der Waals surface area contributed by atoms with E-state index in [-0.39, 0.29) is 5.91 Å². The van der Waals surface area contributed by atoms with Gasteiger partial charge in [-0.15, -0.1) is 0 Å². The fourth-order valence-electron chi connectivity index (χ4n) is 3.52. The standard InChI is InChI=1S/C24H16ClN3O/c25-18-11-5-7-13-20(18)28-24(29)21-14-17-16-10-4-6-12-19(16)26-23(17)22(27-21)15-8-2-1-3-9-15/h1-14,26H,(H,28,29). The predicted molar refractivity (Wildman–Crippen MR) is 118 cm³/mol. The molecule has 140 valence electrons. The summed E-state index contributed by atoms with van der Waals surface area (Å²) in [5, 5.41) is 5.36. The number of nitrogens with one attached hydrogen (secondary N) is 2. The summed E-state index contributed by atoms with van der Waals surface area (Å²) < 4.78 is 0. The molecule has 3 aromatic carbocycles. The average molecular weight is 398 g/mol. The zero-order valence-electron chi connectivity index (χ0n) is 15.3. The van der Waals surface area contributed by atoms with Crippen molar-refractivity contribution in [3.63, 3.8) is 0 Å². The largest absolute Gasteiger partial charge is 0.353 e. The van der Waals surface area contributed by atoms with Crippen molar-refractivity contribution >= 4 is 45.0 Å². The molecule has 2 N–H and O–H groups in total. The lowest BCUT2D eigenvalue weighted by atomic mass is 10.1. The van der Waals surface area contributed by atoms with Crippen LogP contribution in [0.5, 0.6) is 0 Å². The van der Waals surface area contributed by atoms with Crippen molar-refractivity contribution < 1.29 is 4.79 Å². The number of pyridine rings is 1. The van der Waals surface area contributed by atoms with Crippen LogP contribution in [0.25, 0.3) is 33.1 Å². The molecule has 0 fully saturated rings. The summed E-state index contributed by atoms with van der Waals surface area (Å²) in [4.78, 5) is 21.2. The number of aromatic nitrogens is 2. The highest BCUT2D eigenvalue weighted by Gasteiger charge is 2.17. The number of carbonyl (C=O) groups is 1. The summed E-state index contributed by atoms with van der Waals surface area (Å²) in [6, 6.07) is 26.9. The number of anilines is 1. The van der Waals surface area contributed by atoms with E-state index in [2.05, 4.69) is 10.3 Å². The Morgan fingerprint density at radius 2 is 1.59 bits per heavy atom. The summed E-state index contributed by atoms with van der Waals surface area (Å²) in [6.45, 7) is 0. The molecule has 0 aliphatic heterocycles. The lowest BCUT2D eigenvalue weighted by molar-refractivity contribution is 0.102. The zero-order chi connectivity index (χ0) is 19.8. The van der Waals surface area contributed by atoms with Crippen LogP contribution < -0.4 is 5.32 Å². The first-order chi connectivity index (χ1) is 14.2. The fourth-order valence-corrected chi connectivity index (χ4v) is 3.70. The van der Waals surface area contributed by atoms with Gasteiger partial charge in [0, 0.05) is 21.9 Å². The Balaban J connectivity index is 1.71. The van der Waals surface area contributed by atoms with Crippen LogP contribution >= 0.6 is 11.6 Å². The number of H-pyrrole nitrogens is 1. The molecule has 2 aromatic heterocycles. The molecule has 1 amide bonds. The minimum atomic E-state index is -0.303. The van der Waals surface area contributed by atoms with Crippen LogP contribution in [0, 0.1) is 0 Å². The van der Waals surface area contributed by atoms with E-state index in [9.17, 15) is 4.79 Å². The van der Waals surface area contributed by atoms with Crippen LogP contribution in [0.3, 0.4) is 0 Å². The van der Waals surface area contributed by atoms with Crippen LogP contribution in [0.15, 0.2) is 84.9 Å². The number of benzene rings is 3. The van der Waals surface area contributed by atoms with Crippen LogP contribution in [-0.4, -0.2) is 15.9 Å². The van der Waals surface area contributed by atoms with Gasteiger partial charge in [-0.2, -0.15) is 0 Å². The van der Waals surface area contributed by atoms with Crippen molar-refractivity contribution in [3.8, 4) is 11.3 Å². The number of aromatic amines is 1. The van der Waals surface area contributed by atoms with Crippen molar-refractivity contribution in [2.24, 2.45) is 0 Å². The van der Waals surface area contributed by atoms with Crippen molar-refractivity contribution in [2.45, 2.75) is 0 Å². The molecular formula is C24H16ClN3O. The van der Waals surface area contributed by atoms with Gasteiger partial charge < -0.3 is 10.3 Å². The van der Waals surface area contributed by atoms with E-state index in [1.54, 1.807) is 12.1 Å². The first-order valence-electron chi connectivity index (χ1n) is 9.23. The maximum atomic E-state index is 13.0. The van der Waals surface area contributed by atoms with E-state index in [0.29, 0.717) is 16.4 Å². The molecule has 29 heavy (non-hydrogen) atoms. The third-order valence-electron chi connectivity index (χ3n) is 4.90. The number of nitrogens with zero attached hydrogens (tertiary/aromatic N) is 1. The normalized spacial score (nSPS) is 11.1. The number of rotatable bonds is 3. The quantitative estimate of drug-likeness (QED) is 0.376. The summed E-state index contributed by atoms with van der Waals surface area (Å²) in [5.41, 5.74) is 4.49. The molecule has 0 atom stereocenters. The highest BCUT2D eigenvalue weighted by Crippen LogP contribution is 2.33. The van der Waals surface area contributed by atoms with Gasteiger partial charge in [0.1, 0.15) is 5.69 Å². The van der Waals surface area contributed by atoms with Crippen molar-refractivity contribution in [2.75, 3.05) is 5.32 Å². The molecule has 0 bridgehead atoms. The van der Waals surface area contributed by atoms with Crippen molar-refractivity contribution in [3.05, 3.63) is 95.6 Å². The minimum absolute atomic E-state index is 0.303. The third kappa shape index (κ3) is 3.13. The van der Waals surface area contributed by atoms with Gasteiger partial charge in [0.05, 0.1) is 21.9 Å². The number of hydrogen-bond donors (Lipinski definition) is 2. The van der Waals surface area contributed by atoms with Gasteiger partial charge in [-0.1, -0.05) is 72.3 Å². The summed E-state index contributed by atoms with van der Waals surface area (Å²) >= 11 is 6.20. The third-order valence-corrected chi connectivity index (χ3v) is 5.23. The second-order valence-electron chi connectivity index (χ2n) is 6.75. The molecule has 0 unspecified atom stereocenters. The number of amides is 1. The van der Waals surface area contributed by atoms with Gasteiger partial charge in [-0.3, -0.25) is 4.79 Å². The molecule has 0 aliphatic carbocycles. The molecule has 2 heterocycles. The number of halogens is 1. The first kappa shape index (κ1) is 17.5. The van der Waals surface area contributed by atoms with E-state index in [0.717, 1.165) is 33.1 Å². The first-order valence-corrected chi connectivity index (χ1v) is 9.61. The molecule has 0 radical (unpaired) electrons. The SMILES string of the molecule is O=C(Nc1ccccc1Cl)c1cc2c([nH]c3ccccc32)c(-c2ccccc2)n1. The van der Waals surface area contributed by atoms with Gasteiger partial charge >= 0.3 is 0 Å². The Bertz CT molecular complexity index is 1360. The lowest BCUT2D eigenvalue weighted by Gasteiger charge is -2.09. The van der Waals surface area contributed by atoms with Crippen molar-refractivity contribution in [1.82, 2.24) is 9.97 Å². The molecule has 5 aromatic rings. The van der Waals surface area contributed by atoms with Crippen LogP contribution in [0.2, 0.25) is 5.02 Å². The summed E-state index contributed by atoms with van der Waals surface area (Å²) in [5.74, 6) is -0.303. The Hall–Kier alpha value is -3.63. The zero-order valence-corrected chi connectivity index (χ0v) is 16.1. The molecule has 5 heteroatoms. The highest BCUT2D eigenvalue weighted by atomic mass is 35.5. The Kier molecular flexibility index (Phi) is 4.26. The van der Waals surface area contributed by atoms with Crippen LogP contribution in [0.1, 0.15) is 10.5 Å². The molecule has 0 saturated heterocycles. The number of hydrogen-bond acceptors (Lipinski definition) is 2. The molecule has 0 spiro atoms. The molecular weight excluding hydrogens is 382 g/mol. The topological polar surface area (TPSA) is 57.8 Å². The maximum Gasteiger partial charge on any atom is 0.274 e. The Labute approximate surface area is 172 Å². The van der Waals surface area contributed by atoms with E-state index < -0.39 is 0 Å². The van der Waals surface area contributed by atoms with Crippen LogP contribution in [0.4, 0.5) is 5.69 Å². The molecule has 0 saturated carbocycles. The Morgan fingerprint density at radius 1 is 0.862 bits per heavy atom. The summed E-state index contributed by atoms with van der Waals surface area (Å²) in [6.07, 6.45) is 0. The van der Waals surface area contributed by atoms with E-state index >= 15 is 0 Å². The molecule has 5 rings (SSSR count).